The third kappa shape index (κ3) is 2.48. The molecule has 16 heavy (non-hydrogen) atoms. The first-order valence-corrected chi connectivity index (χ1v) is 6.80. The zero-order chi connectivity index (χ0) is 11.4. The molecule has 1 aliphatic carbocycles. The minimum Gasteiger partial charge on any atom is -0.481 e. The van der Waals surface area contributed by atoms with Crippen LogP contribution >= 0.6 is 15.9 Å². The van der Waals surface area contributed by atoms with Crippen molar-refractivity contribution in [2.24, 2.45) is 0 Å². The van der Waals surface area contributed by atoms with Crippen LogP contribution in [-0.2, 0) is 0 Å². The topological polar surface area (TPSA) is 25.4 Å². The molecule has 0 aliphatic heterocycles. The van der Waals surface area contributed by atoms with Gasteiger partial charge >= 0.3 is 0 Å². The fraction of sp³-hybridized carbons (Fsp3) is 0.583. The van der Waals surface area contributed by atoms with Gasteiger partial charge in [0.15, 0.2) is 0 Å². The summed E-state index contributed by atoms with van der Waals surface area (Å²) < 4.78 is 5.17. The first-order chi connectivity index (χ1) is 7.85. The molecule has 1 aliphatic rings. The highest BCUT2D eigenvalue weighted by Crippen LogP contribution is 2.30. The lowest BCUT2D eigenvalue weighted by atomic mass is 9.91. The maximum atomic E-state index is 5.17. The number of pyridine rings is 1. The Morgan fingerprint density at radius 1 is 1.56 bits per heavy atom. The van der Waals surface area contributed by atoms with Crippen LogP contribution in [0.3, 0.4) is 0 Å². The van der Waals surface area contributed by atoms with Gasteiger partial charge in [0, 0.05) is 35.9 Å². The average Bonchev–Trinajstić information content (AvgIpc) is 2.26. The number of aromatic nitrogens is 1. The molecular weight excluding hydrogens is 268 g/mol. The van der Waals surface area contributed by atoms with E-state index in [1.165, 1.54) is 24.9 Å². The molecule has 0 saturated heterocycles. The van der Waals surface area contributed by atoms with Crippen molar-refractivity contribution >= 4 is 21.6 Å². The smallest absolute Gasteiger partial charge is 0.214 e. The summed E-state index contributed by atoms with van der Waals surface area (Å²) in [5, 5.41) is 0.994. The SMILES string of the molecule is COc1cc(N(CCBr)C2CCC2)ccn1. The zero-order valence-corrected chi connectivity index (χ0v) is 11.1. The van der Waals surface area contributed by atoms with Crippen molar-refractivity contribution in [2.45, 2.75) is 25.3 Å². The fourth-order valence-electron chi connectivity index (χ4n) is 2.00. The molecule has 1 aromatic rings. The predicted molar refractivity (Wildman–Crippen MR) is 69.6 cm³/mol. The first kappa shape index (κ1) is 11.7. The molecule has 0 radical (unpaired) electrons. The monoisotopic (exact) mass is 284 g/mol. The lowest BCUT2D eigenvalue weighted by Crippen LogP contribution is -2.41. The van der Waals surface area contributed by atoms with Crippen molar-refractivity contribution in [2.75, 3.05) is 23.9 Å². The number of ether oxygens (including phenoxy) is 1. The van der Waals surface area contributed by atoms with Crippen molar-refractivity contribution in [3.63, 3.8) is 0 Å². The summed E-state index contributed by atoms with van der Waals surface area (Å²) in [6, 6.07) is 4.77. The van der Waals surface area contributed by atoms with E-state index in [-0.39, 0.29) is 0 Å². The molecule has 88 valence electrons. The van der Waals surface area contributed by atoms with Crippen LogP contribution in [-0.4, -0.2) is 30.0 Å². The summed E-state index contributed by atoms with van der Waals surface area (Å²) in [7, 11) is 1.66. The van der Waals surface area contributed by atoms with Gasteiger partial charge in [-0.1, -0.05) is 15.9 Å². The first-order valence-electron chi connectivity index (χ1n) is 5.68. The van der Waals surface area contributed by atoms with E-state index in [1.54, 1.807) is 7.11 Å². The van der Waals surface area contributed by atoms with Crippen LogP contribution in [0.15, 0.2) is 18.3 Å². The third-order valence-corrected chi connectivity index (χ3v) is 3.45. The zero-order valence-electron chi connectivity index (χ0n) is 9.53. The van der Waals surface area contributed by atoms with E-state index in [0.717, 1.165) is 11.9 Å². The molecule has 1 fully saturated rings. The quantitative estimate of drug-likeness (QED) is 0.778. The Hall–Kier alpha value is -0.770. The van der Waals surface area contributed by atoms with Gasteiger partial charge in [-0.25, -0.2) is 4.98 Å². The van der Waals surface area contributed by atoms with Crippen LogP contribution in [0.2, 0.25) is 0 Å². The molecule has 2 rings (SSSR count). The Balaban J connectivity index is 2.16. The average molecular weight is 285 g/mol. The largest absolute Gasteiger partial charge is 0.481 e. The number of alkyl halides is 1. The summed E-state index contributed by atoms with van der Waals surface area (Å²) in [5.41, 5.74) is 1.22. The maximum Gasteiger partial charge on any atom is 0.214 e. The molecule has 1 heterocycles. The second-order valence-electron chi connectivity index (χ2n) is 4.02. The molecule has 0 aromatic carbocycles. The van der Waals surface area contributed by atoms with Crippen LogP contribution in [0, 0.1) is 0 Å². The minimum absolute atomic E-state index is 0.691. The van der Waals surface area contributed by atoms with E-state index in [0.29, 0.717) is 11.9 Å². The van der Waals surface area contributed by atoms with Gasteiger partial charge in [-0.2, -0.15) is 0 Å². The van der Waals surface area contributed by atoms with Gasteiger partial charge in [-0.3, -0.25) is 0 Å². The van der Waals surface area contributed by atoms with Crippen LogP contribution in [0.5, 0.6) is 5.88 Å². The van der Waals surface area contributed by atoms with E-state index in [1.807, 2.05) is 12.3 Å². The van der Waals surface area contributed by atoms with E-state index >= 15 is 0 Å². The molecule has 1 saturated carbocycles. The van der Waals surface area contributed by atoms with E-state index < -0.39 is 0 Å². The van der Waals surface area contributed by atoms with Gasteiger partial charge in [0.05, 0.1) is 7.11 Å². The number of rotatable bonds is 5. The second kappa shape index (κ2) is 5.53. The van der Waals surface area contributed by atoms with Crippen LogP contribution in [0.25, 0.3) is 0 Å². The molecule has 0 bridgehead atoms. The Kier molecular flexibility index (Phi) is 4.04. The molecule has 0 unspecified atom stereocenters. The third-order valence-electron chi connectivity index (χ3n) is 3.10. The summed E-state index contributed by atoms with van der Waals surface area (Å²) in [6.07, 6.45) is 5.77. The number of hydrogen-bond donors (Lipinski definition) is 0. The van der Waals surface area contributed by atoms with Gasteiger partial charge < -0.3 is 9.64 Å². The minimum atomic E-state index is 0.691. The van der Waals surface area contributed by atoms with Gasteiger partial charge in [0.25, 0.3) is 0 Å². The van der Waals surface area contributed by atoms with Gasteiger partial charge in [-0.15, -0.1) is 0 Å². The molecule has 0 N–H and O–H groups in total. The Bertz CT molecular complexity index is 342. The van der Waals surface area contributed by atoms with Crippen LogP contribution < -0.4 is 9.64 Å². The molecule has 1 aromatic heterocycles. The number of methoxy groups -OCH3 is 1. The molecule has 0 atom stereocenters. The standard InChI is InChI=1S/C12H17BrN2O/c1-16-12-9-11(5-7-14-12)15(8-6-13)10-3-2-4-10/h5,7,9-10H,2-4,6,8H2,1H3. The molecule has 0 amide bonds. The highest BCUT2D eigenvalue weighted by molar-refractivity contribution is 9.09. The number of anilines is 1. The van der Waals surface area contributed by atoms with E-state index in [9.17, 15) is 0 Å². The number of halogens is 1. The fourth-order valence-corrected chi connectivity index (χ4v) is 2.38. The number of hydrogen-bond acceptors (Lipinski definition) is 3. The molecular formula is C12H17BrN2O. The normalized spacial score (nSPS) is 15.6. The Labute approximate surface area is 105 Å². The molecule has 3 nitrogen and oxygen atoms in total. The van der Waals surface area contributed by atoms with E-state index in [4.69, 9.17) is 4.74 Å². The highest BCUT2D eigenvalue weighted by atomic mass is 79.9. The second-order valence-corrected chi connectivity index (χ2v) is 4.82. The van der Waals surface area contributed by atoms with Crippen LogP contribution in [0.4, 0.5) is 5.69 Å². The lowest BCUT2D eigenvalue weighted by molar-refractivity contribution is 0.386. The van der Waals surface area contributed by atoms with Crippen molar-refractivity contribution in [3.8, 4) is 5.88 Å². The predicted octanol–water partition coefficient (Wildman–Crippen LogP) is 2.84. The van der Waals surface area contributed by atoms with Crippen molar-refractivity contribution in [3.05, 3.63) is 18.3 Å². The van der Waals surface area contributed by atoms with Gasteiger partial charge in [-0.05, 0) is 25.3 Å². The van der Waals surface area contributed by atoms with Crippen molar-refractivity contribution < 1.29 is 4.74 Å². The maximum absolute atomic E-state index is 5.17. The van der Waals surface area contributed by atoms with Crippen LogP contribution in [0.1, 0.15) is 19.3 Å². The Morgan fingerprint density at radius 3 is 2.94 bits per heavy atom. The summed E-state index contributed by atoms with van der Waals surface area (Å²) in [4.78, 5) is 6.59. The summed E-state index contributed by atoms with van der Waals surface area (Å²) in [5.74, 6) is 0.691. The Morgan fingerprint density at radius 2 is 2.38 bits per heavy atom. The lowest BCUT2D eigenvalue weighted by Gasteiger charge is -2.39. The van der Waals surface area contributed by atoms with Crippen molar-refractivity contribution in [1.82, 2.24) is 4.98 Å². The highest BCUT2D eigenvalue weighted by Gasteiger charge is 2.24. The van der Waals surface area contributed by atoms with Gasteiger partial charge in [0.2, 0.25) is 5.88 Å². The number of nitrogens with zero attached hydrogens (tertiary/aromatic N) is 2. The van der Waals surface area contributed by atoms with Crippen molar-refractivity contribution in [1.29, 1.82) is 0 Å². The molecule has 4 heteroatoms. The van der Waals surface area contributed by atoms with Gasteiger partial charge in [0.1, 0.15) is 0 Å². The summed E-state index contributed by atoms with van der Waals surface area (Å²) >= 11 is 3.52. The summed E-state index contributed by atoms with van der Waals surface area (Å²) in [6.45, 7) is 1.04. The molecule has 0 spiro atoms. The van der Waals surface area contributed by atoms with E-state index in [2.05, 4.69) is 31.9 Å².